The Morgan fingerprint density at radius 2 is 1.92 bits per heavy atom. The summed E-state index contributed by atoms with van der Waals surface area (Å²) in [6.45, 7) is 15.6. The number of aliphatic imine (C=N–C) groups is 1. The standard InChI is InChI=1S/C18H38N4O.HI/c1-6-8-9-21(5)18(19-7-2)20-15-17(14-16(3)4)22-10-12-23-13-11-22;/h16-17H,6-15H2,1-5H3,(H,19,20);1H. The molecule has 24 heavy (non-hydrogen) atoms. The smallest absolute Gasteiger partial charge is 0.193 e. The fourth-order valence-electron chi connectivity index (χ4n) is 2.99. The Bertz CT molecular complexity index is 333. The van der Waals surface area contributed by atoms with Crippen LogP contribution in [0, 0.1) is 5.92 Å². The third-order valence-corrected chi connectivity index (χ3v) is 4.30. The summed E-state index contributed by atoms with van der Waals surface area (Å²) in [7, 11) is 2.14. The molecule has 1 fully saturated rings. The van der Waals surface area contributed by atoms with Crippen LogP contribution in [-0.2, 0) is 4.74 Å². The topological polar surface area (TPSA) is 40.1 Å². The predicted molar refractivity (Wildman–Crippen MR) is 115 cm³/mol. The van der Waals surface area contributed by atoms with Crippen molar-refractivity contribution in [2.24, 2.45) is 10.9 Å². The van der Waals surface area contributed by atoms with E-state index in [1.807, 2.05) is 0 Å². The Morgan fingerprint density at radius 1 is 1.25 bits per heavy atom. The summed E-state index contributed by atoms with van der Waals surface area (Å²) in [5, 5.41) is 3.44. The number of hydrogen-bond acceptors (Lipinski definition) is 3. The minimum absolute atomic E-state index is 0. The first-order chi connectivity index (χ1) is 11.1. The molecule has 1 atom stereocenters. The molecule has 0 radical (unpaired) electrons. The third kappa shape index (κ3) is 9.42. The molecular weight excluding hydrogens is 415 g/mol. The molecule has 1 unspecified atom stereocenters. The first kappa shape index (κ1) is 23.9. The van der Waals surface area contributed by atoms with Crippen LogP contribution < -0.4 is 5.32 Å². The zero-order chi connectivity index (χ0) is 17.1. The molecule has 1 rings (SSSR count). The summed E-state index contributed by atoms with van der Waals surface area (Å²) in [6, 6.07) is 0.520. The molecule has 0 aliphatic carbocycles. The van der Waals surface area contributed by atoms with Crippen molar-refractivity contribution in [1.82, 2.24) is 15.1 Å². The molecule has 1 N–H and O–H groups in total. The predicted octanol–water partition coefficient (Wildman–Crippen LogP) is 3.05. The molecule has 0 amide bonds. The SMILES string of the molecule is CCCCN(C)C(=NCC(CC(C)C)N1CCOCC1)NCC.I. The van der Waals surface area contributed by atoms with Gasteiger partial charge in [-0.3, -0.25) is 9.89 Å². The van der Waals surface area contributed by atoms with Crippen LogP contribution in [-0.4, -0.2) is 74.8 Å². The lowest BCUT2D eigenvalue weighted by Gasteiger charge is -2.35. The van der Waals surface area contributed by atoms with Crippen LogP contribution in [0.2, 0.25) is 0 Å². The largest absolute Gasteiger partial charge is 0.379 e. The quantitative estimate of drug-likeness (QED) is 0.330. The second-order valence-electron chi connectivity index (χ2n) is 6.90. The Morgan fingerprint density at radius 3 is 2.46 bits per heavy atom. The first-order valence-corrected chi connectivity index (χ1v) is 9.39. The van der Waals surface area contributed by atoms with E-state index in [0.717, 1.165) is 51.9 Å². The third-order valence-electron chi connectivity index (χ3n) is 4.30. The summed E-state index contributed by atoms with van der Waals surface area (Å²) in [5.74, 6) is 1.74. The molecule has 6 heteroatoms. The number of guanidine groups is 1. The zero-order valence-corrected chi connectivity index (χ0v) is 18.7. The minimum atomic E-state index is 0. The van der Waals surface area contributed by atoms with Gasteiger partial charge in [-0.05, 0) is 25.7 Å². The van der Waals surface area contributed by atoms with Crippen LogP contribution in [0.5, 0.6) is 0 Å². The van der Waals surface area contributed by atoms with Gasteiger partial charge in [-0.15, -0.1) is 24.0 Å². The van der Waals surface area contributed by atoms with E-state index in [9.17, 15) is 0 Å². The van der Waals surface area contributed by atoms with E-state index in [4.69, 9.17) is 9.73 Å². The molecule has 1 aliphatic rings. The van der Waals surface area contributed by atoms with Crippen molar-refractivity contribution in [3.05, 3.63) is 0 Å². The number of nitrogens with zero attached hydrogens (tertiary/aromatic N) is 3. The molecule has 0 spiro atoms. The minimum Gasteiger partial charge on any atom is -0.379 e. The maximum absolute atomic E-state index is 5.50. The maximum atomic E-state index is 5.50. The molecule has 144 valence electrons. The molecule has 0 saturated carbocycles. The molecular formula is C18H39IN4O. The normalized spacial score (nSPS) is 17.5. The second kappa shape index (κ2) is 14.1. The van der Waals surface area contributed by atoms with E-state index in [1.165, 1.54) is 19.3 Å². The Kier molecular flexibility index (Phi) is 14.1. The van der Waals surface area contributed by atoms with E-state index in [2.05, 4.69) is 49.9 Å². The van der Waals surface area contributed by atoms with Gasteiger partial charge in [0.1, 0.15) is 0 Å². The van der Waals surface area contributed by atoms with Gasteiger partial charge in [0.25, 0.3) is 0 Å². The monoisotopic (exact) mass is 454 g/mol. The number of hydrogen-bond donors (Lipinski definition) is 1. The van der Waals surface area contributed by atoms with Gasteiger partial charge in [0.2, 0.25) is 0 Å². The fourth-order valence-corrected chi connectivity index (χ4v) is 2.99. The van der Waals surface area contributed by atoms with Gasteiger partial charge in [-0.1, -0.05) is 27.2 Å². The van der Waals surface area contributed by atoms with Crippen LogP contribution in [0.25, 0.3) is 0 Å². The number of nitrogens with one attached hydrogen (secondary N) is 1. The van der Waals surface area contributed by atoms with E-state index in [0.29, 0.717) is 12.0 Å². The lowest BCUT2D eigenvalue weighted by Crippen LogP contribution is -2.46. The van der Waals surface area contributed by atoms with Gasteiger partial charge in [0.05, 0.1) is 19.8 Å². The lowest BCUT2D eigenvalue weighted by atomic mass is 10.0. The zero-order valence-electron chi connectivity index (χ0n) is 16.4. The summed E-state index contributed by atoms with van der Waals surface area (Å²) in [4.78, 5) is 9.76. The van der Waals surface area contributed by atoms with Gasteiger partial charge in [0.15, 0.2) is 5.96 Å². The van der Waals surface area contributed by atoms with Crippen molar-refractivity contribution in [3.63, 3.8) is 0 Å². The molecule has 0 aromatic rings. The number of halogens is 1. The van der Waals surface area contributed by atoms with Crippen LogP contribution in [0.3, 0.4) is 0 Å². The van der Waals surface area contributed by atoms with Crippen LogP contribution in [0.1, 0.15) is 47.0 Å². The Hall–Kier alpha value is -0.0800. The first-order valence-electron chi connectivity index (χ1n) is 9.39. The highest BCUT2D eigenvalue weighted by molar-refractivity contribution is 14.0. The maximum Gasteiger partial charge on any atom is 0.193 e. The summed E-state index contributed by atoms with van der Waals surface area (Å²) < 4.78 is 5.50. The Balaban J connectivity index is 0.00000529. The summed E-state index contributed by atoms with van der Waals surface area (Å²) in [5.41, 5.74) is 0. The average Bonchev–Trinajstić information content (AvgIpc) is 2.55. The van der Waals surface area contributed by atoms with Gasteiger partial charge >= 0.3 is 0 Å². The number of unbranched alkanes of at least 4 members (excludes halogenated alkanes) is 1. The summed E-state index contributed by atoms with van der Waals surface area (Å²) in [6.07, 6.45) is 3.62. The molecule has 1 aliphatic heterocycles. The average molecular weight is 454 g/mol. The molecule has 5 nitrogen and oxygen atoms in total. The Labute approximate surface area is 166 Å². The molecule has 1 saturated heterocycles. The molecule has 0 aromatic heterocycles. The van der Waals surface area contributed by atoms with Gasteiger partial charge in [-0.2, -0.15) is 0 Å². The van der Waals surface area contributed by atoms with E-state index >= 15 is 0 Å². The van der Waals surface area contributed by atoms with Crippen molar-refractivity contribution < 1.29 is 4.74 Å². The number of morpholine rings is 1. The number of rotatable bonds is 9. The highest BCUT2D eigenvalue weighted by atomic mass is 127. The van der Waals surface area contributed by atoms with Crippen molar-refractivity contribution in [1.29, 1.82) is 0 Å². The highest BCUT2D eigenvalue weighted by Gasteiger charge is 2.22. The second-order valence-corrected chi connectivity index (χ2v) is 6.90. The van der Waals surface area contributed by atoms with Crippen LogP contribution in [0.15, 0.2) is 4.99 Å². The molecule has 0 aromatic carbocycles. The summed E-state index contributed by atoms with van der Waals surface area (Å²) >= 11 is 0. The van der Waals surface area contributed by atoms with Crippen molar-refractivity contribution >= 4 is 29.9 Å². The molecule has 1 heterocycles. The fraction of sp³-hybridized carbons (Fsp3) is 0.944. The van der Waals surface area contributed by atoms with Crippen molar-refractivity contribution in [2.75, 3.05) is 53.0 Å². The van der Waals surface area contributed by atoms with Crippen LogP contribution >= 0.6 is 24.0 Å². The van der Waals surface area contributed by atoms with Crippen molar-refractivity contribution in [2.45, 2.75) is 53.0 Å². The van der Waals surface area contributed by atoms with Crippen LogP contribution in [0.4, 0.5) is 0 Å². The van der Waals surface area contributed by atoms with Crippen molar-refractivity contribution in [3.8, 4) is 0 Å². The van der Waals surface area contributed by atoms with E-state index < -0.39 is 0 Å². The van der Waals surface area contributed by atoms with Gasteiger partial charge in [0, 0.05) is 39.3 Å². The van der Waals surface area contributed by atoms with E-state index in [1.54, 1.807) is 0 Å². The van der Waals surface area contributed by atoms with Gasteiger partial charge < -0.3 is 15.0 Å². The number of ether oxygens (including phenoxy) is 1. The lowest BCUT2D eigenvalue weighted by molar-refractivity contribution is 0.0142. The van der Waals surface area contributed by atoms with E-state index in [-0.39, 0.29) is 24.0 Å². The highest BCUT2D eigenvalue weighted by Crippen LogP contribution is 2.14. The van der Waals surface area contributed by atoms with Gasteiger partial charge in [-0.25, -0.2) is 0 Å². The molecule has 0 bridgehead atoms.